The highest BCUT2D eigenvalue weighted by Crippen LogP contribution is 2.33. The smallest absolute Gasteiger partial charge is 0.306 e. The van der Waals surface area contributed by atoms with E-state index in [1.54, 1.807) is 37.6 Å². The molecule has 0 saturated carbocycles. The van der Waals surface area contributed by atoms with E-state index in [1.807, 2.05) is 13.8 Å². The number of aryl methyl sites for hydroxylation is 2. The van der Waals surface area contributed by atoms with E-state index < -0.39 is 10.0 Å². The molecule has 0 atom stereocenters. The summed E-state index contributed by atoms with van der Waals surface area (Å²) in [7, 11) is -2.13. The van der Waals surface area contributed by atoms with Crippen LogP contribution in [0.4, 0.5) is 0 Å². The number of fused-ring (bicyclic) bond motifs is 1. The van der Waals surface area contributed by atoms with Gasteiger partial charge in [0.2, 0.25) is 10.0 Å². The zero-order valence-corrected chi connectivity index (χ0v) is 27.3. The van der Waals surface area contributed by atoms with Crippen LogP contribution < -0.4 is 10.3 Å². The summed E-state index contributed by atoms with van der Waals surface area (Å²) in [6, 6.07) is 8.25. The van der Waals surface area contributed by atoms with Crippen LogP contribution in [0.25, 0.3) is 22.4 Å². The van der Waals surface area contributed by atoms with Gasteiger partial charge in [0.15, 0.2) is 5.52 Å². The van der Waals surface area contributed by atoms with E-state index in [0.717, 1.165) is 12.0 Å². The van der Waals surface area contributed by atoms with Gasteiger partial charge in [-0.1, -0.05) is 13.3 Å². The van der Waals surface area contributed by atoms with Crippen LogP contribution in [0.2, 0.25) is 0 Å². The molecule has 0 unspecified atom stereocenters. The Balaban J connectivity index is 0.00000461. The largest absolute Gasteiger partial charge is 0.493 e. The molecule has 4 aromatic rings. The summed E-state index contributed by atoms with van der Waals surface area (Å²) in [5.74, 6) is 0.604. The van der Waals surface area contributed by atoms with E-state index in [9.17, 15) is 18.0 Å². The average molecular weight is 659 g/mol. The van der Waals surface area contributed by atoms with Crippen molar-refractivity contribution in [3.8, 4) is 17.1 Å². The predicted octanol–water partition coefficient (Wildman–Crippen LogP) is 4.42. The molecule has 0 spiro atoms. The number of nitrogens with zero attached hydrogens (tertiary/aromatic N) is 5. The molecule has 45 heavy (non-hydrogen) atoms. The van der Waals surface area contributed by atoms with Gasteiger partial charge in [-0.3, -0.25) is 19.3 Å². The van der Waals surface area contributed by atoms with Gasteiger partial charge in [-0.05, 0) is 74.4 Å². The van der Waals surface area contributed by atoms with E-state index >= 15 is 0 Å². The molecule has 1 aromatic carbocycles. The van der Waals surface area contributed by atoms with Crippen molar-refractivity contribution in [3.05, 3.63) is 64.3 Å². The van der Waals surface area contributed by atoms with Crippen LogP contribution in [0.15, 0.2) is 52.4 Å². The van der Waals surface area contributed by atoms with E-state index in [-0.39, 0.29) is 53.6 Å². The fraction of sp³-hybridized carbons (Fsp3) is 0.452. The van der Waals surface area contributed by atoms with Crippen LogP contribution in [-0.4, -0.2) is 63.1 Å². The Bertz CT molecular complexity index is 1790. The SMILES string of the molecule is CCCc1nn(C)c2c(=O)[nH]c(-c3cc(S(=O)(=O)N4CCC(CCC(=O)OCc5ccncc5)CC4)ccc3OCC)nc12.Cl. The van der Waals surface area contributed by atoms with Crippen molar-refractivity contribution < 1.29 is 22.7 Å². The average Bonchev–Trinajstić information content (AvgIpc) is 3.35. The molecule has 1 saturated heterocycles. The summed E-state index contributed by atoms with van der Waals surface area (Å²) in [6.07, 6.45) is 7.02. The molecule has 4 heterocycles. The summed E-state index contributed by atoms with van der Waals surface area (Å²) in [5, 5.41) is 4.48. The minimum Gasteiger partial charge on any atom is -0.493 e. The standard InChI is InChI=1S/C31H38N6O6S.ClH/c1-4-6-25-28-29(36(3)35-25)31(39)34-30(33-28)24-19-23(8-9-26(24)42-5-2)44(40,41)37-17-13-21(14-18-37)7-10-27(38)43-20-22-11-15-32-16-12-22;/h8-9,11-12,15-16,19,21H,4-7,10,13-14,17-18,20H2,1-3H3,(H,33,34,39);1H. The number of carbonyl (C=O) groups excluding carboxylic acids is 1. The normalized spacial score (nSPS) is 14.3. The van der Waals surface area contributed by atoms with E-state index in [0.29, 0.717) is 73.4 Å². The maximum absolute atomic E-state index is 13.8. The lowest BCUT2D eigenvalue weighted by Gasteiger charge is -2.31. The Hall–Kier alpha value is -3.81. The molecular formula is C31H39ClN6O6S. The highest BCUT2D eigenvalue weighted by atomic mass is 35.5. The molecule has 0 bridgehead atoms. The molecule has 1 aliphatic heterocycles. The highest BCUT2D eigenvalue weighted by molar-refractivity contribution is 7.89. The molecule has 1 fully saturated rings. The second-order valence-electron chi connectivity index (χ2n) is 10.9. The molecule has 0 amide bonds. The third-order valence-electron chi connectivity index (χ3n) is 7.87. The molecule has 1 N–H and O–H groups in total. The lowest BCUT2D eigenvalue weighted by Crippen LogP contribution is -2.38. The summed E-state index contributed by atoms with van der Waals surface area (Å²) in [6.45, 7) is 5.11. The monoisotopic (exact) mass is 658 g/mol. The Kier molecular flexibility index (Phi) is 11.3. The Morgan fingerprint density at radius 2 is 1.84 bits per heavy atom. The van der Waals surface area contributed by atoms with Gasteiger partial charge in [-0.25, -0.2) is 13.4 Å². The third-order valence-corrected chi connectivity index (χ3v) is 9.77. The molecule has 14 heteroatoms. The molecule has 0 aliphatic carbocycles. The van der Waals surface area contributed by atoms with Crippen molar-refractivity contribution in [3.63, 3.8) is 0 Å². The maximum Gasteiger partial charge on any atom is 0.306 e. The fourth-order valence-corrected chi connectivity index (χ4v) is 7.04. The van der Waals surface area contributed by atoms with Crippen LogP contribution in [-0.2, 0) is 39.6 Å². The van der Waals surface area contributed by atoms with Crippen molar-refractivity contribution >= 4 is 39.4 Å². The van der Waals surface area contributed by atoms with Gasteiger partial charge >= 0.3 is 5.97 Å². The topological polar surface area (TPSA) is 149 Å². The molecule has 242 valence electrons. The Morgan fingerprint density at radius 1 is 1.11 bits per heavy atom. The van der Waals surface area contributed by atoms with Gasteiger partial charge in [0.1, 0.15) is 23.7 Å². The van der Waals surface area contributed by atoms with Crippen molar-refractivity contribution in [1.82, 2.24) is 29.0 Å². The van der Waals surface area contributed by atoms with Gasteiger partial charge < -0.3 is 14.5 Å². The second kappa shape index (κ2) is 15.0. The quantitative estimate of drug-likeness (QED) is 0.218. The number of aromatic nitrogens is 5. The fourth-order valence-electron chi connectivity index (χ4n) is 5.54. The summed E-state index contributed by atoms with van der Waals surface area (Å²) in [4.78, 5) is 36.9. The number of pyridine rings is 1. The minimum atomic E-state index is -3.84. The number of rotatable bonds is 12. The number of aromatic amines is 1. The Labute approximate surface area is 268 Å². The first kappa shape index (κ1) is 34.1. The predicted molar refractivity (Wildman–Crippen MR) is 172 cm³/mol. The minimum absolute atomic E-state index is 0. The number of hydrogen-bond donors (Lipinski definition) is 1. The molecule has 0 radical (unpaired) electrons. The van der Waals surface area contributed by atoms with Gasteiger partial charge in [0.25, 0.3) is 5.56 Å². The third kappa shape index (κ3) is 7.71. The molecule has 1 aliphatic rings. The number of piperidine rings is 1. The van der Waals surface area contributed by atoms with E-state index in [4.69, 9.17) is 14.5 Å². The van der Waals surface area contributed by atoms with Crippen molar-refractivity contribution in [2.45, 2.75) is 63.9 Å². The number of sulfonamides is 1. The van der Waals surface area contributed by atoms with Crippen LogP contribution >= 0.6 is 12.4 Å². The number of nitrogens with one attached hydrogen (secondary N) is 1. The van der Waals surface area contributed by atoms with Crippen molar-refractivity contribution in [1.29, 1.82) is 0 Å². The van der Waals surface area contributed by atoms with Gasteiger partial charge in [0, 0.05) is 39.0 Å². The maximum atomic E-state index is 13.8. The number of benzene rings is 1. The summed E-state index contributed by atoms with van der Waals surface area (Å²) in [5.41, 5.74) is 2.48. The van der Waals surface area contributed by atoms with Crippen LogP contribution in [0.3, 0.4) is 0 Å². The van der Waals surface area contributed by atoms with Gasteiger partial charge in [-0.2, -0.15) is 9.40 Å². The second-order valence-corrected chi connectivity index (χ2v) is 12.9. The number of hydrogen-bond acceptors (Lipinski definition) is 9. The lowest BCUT2D eigenvalue weighted by atomic mass is 9.93. The molecule has 12 nitrogen and oxygen atoms in total. The molecule has 3 aromatic heterocycles. The lowest BCUT2D eigenvalue weighted by molar-refractivity contribution is -0.145. The van der Waals surface area contributed by atoms with Crippen LogP contribution in [0, 0.1) is 5.92 Å². The summed E-state index contributed by atoms with van der Waals surface area (Å²) >= 11 is 0. The molecule has 5 rings (SSSR count). The van der Waals surface area contributed by atoms with Crippen molar-refractivity contribution in [2.24, 2.45) is 13.0 Å². The van der Waals surface area contributed by atoms with E-state index in [2.05, 4.69) is 15.1 Å². The first-order chi connectivity index (χ1) is 21.2. The van der Waals surface area contributed by atoms with Crippen LogP contribution in [0.5, 0.6) is 5.75 Å². The van der Waals surface area contributed by atoms with Crippen molar-refractivity contribution in [2.75, 3.05) is 19.7 Å². The first-order valence-electron chi connectivity index (χ1n) is 15.0. The van der Waals surface area contributed by atoms with Gasteiger partial charge in [-0.15, -0.1) is 12.4 Å². The van der Waals surface area contributed by atoms with E-state index in [1.165, 1.54) is 21.1 Å². The number of halogens is 1. The Morgan fingerprint density at radius 3 is 2.53 bits per heavy atom. The zero-order chi connectivity index (χ0) is 31.3. The highest BCUT2D eigenvalue weighted by Gasteiger charge is 2.31. The number of ether oxygens (including phenoxy) is 2. The number of H-pyrrole nitrogens is 1. The first-order valence-corrected chi connectivity index (χ1v) is 16.4. The van der Waals surface area contributed by atoms with Gasteiger partial charge in [0.05, 0.1) is 22.8 Å². The summed E-state index contributed by atoms with van der Waals surface area (Å²) < 4.78 is 41.7. The number of esters is 1. The number of carbonyl (C=O) groups is 1. The molecular weight excluding hydrogens is 620 g/mol. The zero-order valence-electron chi connectivity index (χ0n) is 25.7. The van der Waals surface area contributed by atoms with Crippen LogP contribution in [0.1, 0.15) is 57.2 Å².